The summed E-state index contributed by atoms with van der Waals surface area (Å²) in [5, 5.41) is 0.394. The summed E-state index contributed by atoms with van der Waals surface area (Å²) in [6.45, 7) is 3.98. The molecule has 0 aromatic heterocycles. The molecule has 0 aliphatic carbocycles. The second-order valence-corrected chi connectivity index (χ2v) is 6.16. The van der Waals surface area contributed by atoms with Gasteiger partial charge in [-0.2, -0.15) is 0 Å². The first-order valence-electron chi connectivity index (χ1n) is 7.43. The van der Waals surface area contributed by atoms with Gasteiger partial charge in [0, 0.05) is 17.1 Å². The lowest BCUT2D eigenvalue weighted by molar-refractivity contribution is -0.139. The Balaban J connectivity index is 2.06. The molecular weight excluding hydrogens is 304 g/mol. The maximum Gasteiger partial charge on any atom is 0.260 e. The lowest BCUT2D eigenvalue weighted by atomic mass is 9.97. The van der Waals surface area contributed by atoms with E-state index in [9.17, 15) is 9.59 Å². The van der Waals surface area contributed by atoms with Crippen LogP contribution in [0.1, 0.15) is 43.5 Å². The molecule has 1 fully saturated rings. The summed E-state index contributed by atoms with van der Waals surface area (Å²) in [6, 6.07) is 5.01. The van der Waals surface area contributed by atoms with Crippen LogP contribution in [0.2, 0.25) is 5.02 Å². The molecule has 2 N–H and O–H groups in total. The summed E-state index contributed by atoms with van der Waals surface area (Å²) in [5.41, 5.74) is 5.48. The minimum Gasteiger partial charge on any atom is -0.483 e. The van der Waals surface area contributed by atoms with E-state index in [-0.39, 0.29) is 35.9 Å². The zero-order chi connectivity index (χ0) is 16.3. The van der Waals surface area contributed by atoms with Crippen LogP contribution in [0.4, 0.5) is 0 Å². The smallest absolute Gasteiger partial charge is 0.260 e. The molecule has 0 spiro atoms. The zero-order valence-electron chi connectivity index (χ0n) is 12.8. The van der Waals surface area contributed by atoms with Gasteiger partial charge in [-0.05, 0) is 51.3 Å². The Morgan fingerprint density at radius 2 is 1.95 bits per heavy atom. The van der Waals surface area contributed by atoms with E-state index in [1.54, 1.807) is 12.1 Å². The number of likely N-dealkylation sites (tertiary alicyclic amines) is 1. The van der Waals surface area contributed by atoms with Crippen LogP contribution in [0.15, 0.2) is 18.2 Å². The van der Waals surface area contributed by atoms with Gasteiger partial charge in [0.25, 0.3) is 11.8 Å². The van der Waals surface area contributed by atoms with Crippen molar-refractivity contribution in [1.29, 1.82) is 0 Å². The van der Waals surface area contributed by atoms with Gasteiger partial charge < -0.3 is 15.4 Å². The normalized spacial score (nSPS) is 21.5. The molecule has 0 unspecified atom stereocenters. The number of rotatable bonds is 4. The number of amides is 2. The maximum atomic E-state index is 12.4. The van der Waals surface area contributed by atoms with Crippen LogP contribution in [0.3, 0.4) is 0 Å². The number of carbonyl (C=O) groups is 2. The number of hydrogen-bond donors (Lipinski definition) is 1. The second-order valence-electron chi connectivity index (χ2n) is 5.72. The minimum absolute atomic E-state index is 0.0786. The number of ether oxygens (including phenoxy) is 1. The number of piperidine rings is 1. The Morgan fingerprint density at radius 1 is 1.32 bits per heavy atom. The van der Waals surface area contributed by atoms with Crippen LogP contribution >= 0.6 is 11.6 Å². The molecule has 1 heterocycles. The monoisotopic (exact) mass is 324 g/mol. The van der Waals surface area contributed by atoms with E-state index in [4.69, 9.17) is 22.1 Å². The van der Waals surface area contributed by atoms with Crippen molar-refractivity contribution in [2.24, 2.45) is 5.73 Å². The Bertz CT molecular complexity index is 567. The average Bonchev–Trinajstić information content (AvgIpc) is 2.45. The van der Waals surface area contributed by atoms with Crippen LogP contribution < -0.4 is 10.5 Å². The molecule has 2 amide bonds. The standard InChI is InChI=1S/C16H21ClN2O3/c1-10-4-3-5-11(2)19(10)15(20)9-22-14-7-6-12(17)8-13(14)16(18)21/h6-8,10-11H,3-5,9H2,1-2H3,(H2,18,21)/t10-,11+. The fourth-order valence-electron chi connectivity index (χ4n) is 2.95. The van der Waals surface area contributed by atoms with Crippen LogP contribution in [0.5, 0.6) is 5.75 Å². The van der Waals surface area contributed by atoms with E-state index in [2.05, 4.69) is 0 Å². The highest BCUT2D eigenvalue weighted by molar-refractivity contribution is 6.31. The summed E-state index contributed by atoms with van der Waals surface area (Å²) in [6.07, 6.45) is 3.14. The number of hydrogen-bond acceptors (Lipinski definition) is 3. The van der Waals surface area contributed by atoms with Crippen molar-refractivity contribution in [3.8, 4) is 5.75 Å². The molecule has 1 aliphatic heterocycles. The maximum absolute atomic E-state index is 12.4. The first kappa shape index (κ1) is 16.6. The Hall–Kier alpha value is -1.75. The van der Waals surface area contributed by atoms with Crippen molar-refractivity contribution in [2.45, 2.75) is 45.2 Å². The van der Waals surface area contributed by atoms with E-state index in [1.165, 1.54) is 6.07 Å². The molecule has 0 bridgehead atoms. The molecule has 1 aromatic carbocycles. The number of primary amides is 1. The number of nitrogens with two attached hydrogens (primary N) is 1. The van der Waals surface area contributed by atoms with Gasteiger partial charge in [-0.3, -0.25) is 9.59 Å². The molecule has 0 saturated carbocycles. The molecule has 0 radical (unpaired) electrons. The highest BCUT2D eigenvalue weighted by Crippen LogP contribution is 2.25. The third kappa shape index (κ3) is 3.71. The Kier molecular flexibility index (Phi) is 5.29. The first-order valence-corrected chi connectivity index (χ1v) is 7.81. The summed E-state index contributed by atoms with van der Waals surface area (Å²) >= 11 is 5.85. The number of nitrogens with zero attached hydrogens (tertiary/aromatic N) is 1. The van der Waals surface area contributed by atoms with E-state index in [1.807, 2.05) is 18.7 Å². The molecule has 5 nitrogen and oxygen atoms in total. The van der Waals surface area contributed by atoms with Crippen molar-refractivity contribution in [2.75, 3.05) is 6.61 Å². The number of carbonyl (C=O) groups excluding carboxylic acids is 2. The minimum atomic E-state index is -0.635. The van der Waals surface area contributed by atoms with Gasteiger partial charge in [0.1, 0.15) is 5.75 Å². The first-order chi connectivity index (χ1) is 10.4. The second kappa shape index (κ2) is 7.01. The molecule has 2 rings (SSSR count). The lowest BCUT2D eigenvalue weighted by Crippen LogP contribution is -2.49. The molecule has 1 saturated heterocycles. The lowest BCUT2D eigenvalue weighted by Gasteiger charge is -2.39. The van der Waals surface area contributed by atoms with Crippen molar-refractivity contribution in [1.82, 2.24) is 4.90 Å². The molecule has 1 aliphatic rings. The van der Waals surface area contributed by atoms with E-state index >= 15 is 0 Å². The molecular formula is C16H21ClN2O3. The van der Waals surface area contributed by atoms with Gasteiger partial charge in [-0.1, -0.05) is 11.6 Å². The zero-order valence-corrected chi connectivity index (χ0v) is 13.6. The predicted molar refractivity (Wildman–Crippen MR) is 85.1 cm³/mol. The largest absolute Gasteiger partial charge is 0.483 e. The fourth-order valence-corrected chi connectivity index (χ4v) is 3.12. The van der Waals surface area contributed by atoms with Crippen molar-refractivity contribution < 1.29 is 14.3 Å². The molecule has 1 aromatic rings. The van der Waals surface area contributed by atoms with Crippen LogP contribution in [-0.4, -0.2) is 35.4 Å². The predicted octanol–water partition coefficient (Wildman–Crippen LogP) is 2.61. The third-order valence-corrected chi connectivity index (χ3v) is 4.27. The number of halogens is 1. The van der Waals surface area contributed by atoms with E-state index < -0.39 is 5.91 Å². The quantitative estimate of drug-likeness (QED) is 0.925. The number of benzene rings is 1. The highest BCUT2D eigenvalue weighted by atomic mass is 35.5. The third-order valence-electron chi connectivity index (χ3n) is 4.04. The topological polar surface area (TPSA) is 72.6 Å². The van der Waals surface area contributed by atoms with Gasteiger partial charge >= 0.3 is 0 Å². The molecule has 120 valence electrons. The van der Waals surface area contributed by atoms with Gasteiger partial charge in [-0.25, -0.2) is 0 Å². The van der Waals surface area contributed by atoms with Crippen molar-refractivity contribution >= 4 is 23.4 Å². The van der Waals surface area contributed by atoms with Crippen molar-refractivity contribution in [3.05, 3.63) is 28.8 Å². The van der Waals surface area contributed by atoms with Gasteiger partial charge in [0.15, 0.2) is 6.61 Å². The Morgan fingerprint density at radius 3 is 2.55 bits per heavy atom. The van der Waals surface area contributed by atoms with Crippen LogP contribution in [-0.2, 0) is 4.79 Å². The average molecular weight is 325 g/mol. The summed E-state index contributed by atoms with van der Waals surface area (Å²) in [7, 11) is 0. The van der Waals surface area contributed by atoms with Crippen LogP contribution in [0.25, 0.3) is 0 Å². The highest BCUT2D eigenvalue weighted by Gasteiger charge is 2.29. The van der Waals surface area contributed by atoms with Gasteiger partial charge in [-0.15, -0.1) is 0 Å². The summed E-state index contributed by atoms with van der Waals surface area (Å²) in [5.74, 6) is -0.433. The SMILES string of the molecule is C[C@@H]1CCC[C@H](C)N1C(=O)COc1ccc(Cl)cc1C(N)=O. The van der Waals surface area contributed by atoms with Crippen LogP contribution in [0, 0.1) is 0 Å². The van der Waals surface area contributed by atoms with Gasteiger partial charge in [0.05, 0.1) is 5.56 Å². The fraction of sp³-hybridized carbons (Fsp3) is 0.500. The molecule has 6 heteroatoms. The van der Waals surface area contributed by atoms with Crippen molar-refractivity contribution in [3.63, 3.8) is 0 Å². The van der Waals surface area contributed by atoms with Gasteiger partial charge in [0.2, 0.25) is 0 Å². The molecule has 2 atom stereocenters. The summed E-state index contributed by atoms with van der Waals surface area (Å²) < 4.78 is 5.51. The van der Waals surface area contributed by atoms with E-state index in [0.717, 1.165) is 19.3 Å². The molecule has 22 heavy (non-hydrogen) atoms. The van der Waals surface area contributed by atoms with E-state index in [0.29, 0.717) is 5.02 Å². The summed E-state index contributed by atoms with van der Waals surface area (Å²) in [4.78, 5) is 25.7. The Labute approximate surface area is 135 Å².